The number of nitrogens with one attached hydrogen (secondary N) is 1. The summed E-state index contributed by atoms with van der Waals surface area (Å²) in [7, 11) is 0. The van der Waals surface area contributed by atoms with E-state index in [4.69, 9.17) is 5.73 Å². The lowest BCUT2D eigenvalue weighted by molar-refractivity contribution is 0.819. The molecule has 64 valence electrons. The Kier molecular flexibility index (Phi) is 1.60. The molecule has 2 rings (SSSR count). The van der Waals surface area contributed by atoms with Crippen LogP contribution in [0.3, 0.4) is 0 Å². The van der Waals surface area contributed by atoms with E-state index in [-0.39, 0.29) is 5.69 Å². The Balaban J connectivity index is 2.24. The lowest BCUT2D eigenvalue weighted by Crippen LogP contribution is -2.14. The first-order valence-electron chi connectivity index (χ1n) is 4.09. The van der Waals surface area contributed by atoms with Crippen molar-refractivity contribution < 1.29 is 0 Å². The maximum atomic E-state index is 10.7. The normalized spacial score (nSPS) is 16.3. The van der Waals surface area contributed by atoms with Crippen LogP contribution in [-0.4, -0.2) is 9.97 Å². The average molecular weight is 165 g/mol. The minimum absolute atomic E-state index is 0.368. The fourth-order valence-electron chi connectivity index (χ4n) is 1.23. The van der Waals surface area contributed by atoms with E-state index in [2.05, 4.69) is 9.97 Å². The van der Waals surface area contributed by atoms with Gasteiger partial charge in [0.15, 0.2) is 0 Å². The van der Waals surface area contributed by atoms with E-state index in [1.807, 2.05) is 0 Å². The van der Waals surface area contributed by atoms with Gasteiger partial charge in [-0.3, -0.25) is 4.98 Å². The summed E-state index contributed by atoms with van der Waals surface area (Å²) < 4.78 is 0. The molecule has 4 nitrogen and oxygen atoms in total. The first-order chi connectivity index (χ1) is 5.75. The summed E-state index contributed by atoms with van der Waals surface area (Å²) in [6.45, 7) is 0. The minimum Gasteiger partial charge on any atom is -0.385 e. The van der Waals surface area contributed by atoms with Crippen LogP contribution >= 0.6 is 0 Å². The molecule has 0 amide bonds. The number of hydrogen-bond acceptors (Lipinski definition) is 3. The summed E-state index contributed by atoms with van der Waals surface area (Å²) in [5.41, 5.74) is 6.20. The van der Waals surface area contributed by atoms with Crippen molar-refractivity contribution in [3.63, 3.8) is 0 Å². The zero-order valence-corrected chi connectivity index (χ0v) is 6.71. The Bertz CT molecular complexity index is 340. The van der Waals surface area contributed by atoms with Crippen LogP contribution < -0.4 is 11.4 Å². The monoisotopic (exact) mass is 165 g/mol. The molecule has 12 heavy (non-hydrogen) atoms. The molecule has 1 aromatic heterocycles. The summed E-state index contributed by atoms with van der Waals surface area (Å²) >= 11 is 0. The van der Waals surface area contributed by atoms with Gasteiger partial charge < -0.3 is 5.73 Å². The fraction of sp³-hybridized carbons (Fsp3) is 0.500. The second kappa shape index (κ2) is 2.62. The number of rotatable bonds is 2. The van der Waals surface area contributed by atoms with E-state index in [0.717, 1.165) is 17.9 Å². The van der Waals surface area contributed by atoms with Crippen molar-refractivity contribution >= 4 is 5.82 Å². The molecule has 1 fully saturated rings. The molecule has 3 N–H and O–H groups in total. The van der Waals surface area contributed by atoms with Gasteiger partial charge in [0.05, 0.1) is 0 Å². The number of anilines is 1. The van der Waals surface area contributed by atoms with E-state index in [9.17, 15) is 4.79 Å². The molecule has 0 aliphatic heterocycles. The van der Waals surface area contributed by atoms with Crippen molar-refractivity contribution in [3.8, 4) is 0 Å². The van der Waals surface area contributed by atoms with Crippen LogP contribution in [0.4, 0.5) is 5.82 Å². The number of H-pyrrole nitrogens is 1. The highest BCUT2D eigenvalue weighted by Gasteiger charge is 2.22. The smallest absolute Gasteiger partial charge is 0.346 e. The zero-order chi connectivity index (χ0) is 8.55. The highest BCUT2D eigenvalue weighted by molar-refractivity contribution is 5.36. The Morgan fingerprint density at radius 3 is 3.00 bits per heavy atom. The second-order valence-electron chi connectivity index (χ2n) is 3.27. The van der Waals surface area contributed by atoms with Crippen molar-refractivity contribution in [2.45, 2.75) is 19.3 Å². The highest BCUT2D eigenvalue weighted by atomic mass is 16.1. The summed E-state index contributed by atoms with van der Waals surface area (Å²) in [5, 5.41) is 0. The molecule has 0 radical (unpaired) electrons. The number of aromatic amines is 1. The van der Waals surface area contributed by atoms with Gasteiger partial charge in [-0.05, 0) is 25.2 Å². The van der Waals surface area contributed by atoms with E-state index < -0.39 is 0 Å². The lowest BCUT2D eigenvalue weighted by atomic mass is 10.1. The Hall–Kier alpha value is -1.32. The van der Waals surface area contributed by atoms with Crippen LogP contribution in [0.25, 0.3) is 0 Å². The summed E-state index contributed by atoms with van der Waals surface area (Å²) in [6.07, 6.45) is 5.08. The van der Waals surface area contributed by atoms with Crippen LogP contribution in [0, 0.1) is 5.92 Å². The van der Waals surface area contributed by atoms with Crippen molar-refractivity contribution in [2.24, 2.45) is 5.92 Å². The van der Waals surface area contributed by atoms with E-state index in [0.29, 0.717) is 5.82 Å². The molecular formula is C8H11N3O. The third-order valence-corrected chi connectivity index (χ3v) is 2.13. The number of aromatic nitrogens is 2. The standard InChI is InChI=1S/C8H11N3O/c9-7-6(3-5-1-2-5)4-10-8(12)11-7/h4-5H,1-3H2,(H3,9,10,11,12). The second-order valence-corrected chi connectivity index (χ2v) is 3.27. The summed E-state index contributed by atoms with van der Waals surface area (Å²) in [5.74, 6) is 1.24. The van der Waals surface area contributed by atoms with Gasteiger partial charge >= 0.3 is 5.69 Å². The molecule has 1 saturated carbocycles. The molecule has 0 unspecified atom stereocenters. The van der Waals surface area contributed by atoms with Crippen LogP contribution in [0.1, 0.15) is 18.4 Å². The molecule has 4 heteroatoms. The minimum atomic E-state index is -0.368. The van der Waals surface area contributed by atoms with Crippen molar-refractivity contribution in [1.29, 1.82) is 0 Å². The maximum Gasteiger partial charge on any atom is 0.346 e. The van der Waals surface area contributed by atoms with Crippen molar-refractivity contribution in [2.75, 3.05) is 5.73 Å². The quantitative estimate of drug-likeness (QED) is 0.662. The molecule has 1 heterocycles. The largest absolute Gasteiger partial charge is 0.385 e. The Labute approximate surface area is 69.8 Å². The number of nitrogen functional groups attached to an aromatic ring is 1. The summed E-state index contributed by atoms with van der Waals surface area (Å²) in [4.78, 5) is 16.8. The molecule has 0 aromatic carbocycles. The Morgan fingerprint density at radius 2 is 2.42 bits per heavy atom. The first-order valence-corrected chi connectivity index (χ1v) is 4.09. The molecule has 0 bridgehead atoms. The van der Waals surface area contributed by atoms with Crippen LogP contribution in [-0.2, 0) is 6.42 Å². The van der Waals surface area contributed by atoms with Gasteiger partial charge in [0.25, 0.3) is 0 Å². The predicted octanol–water partition coefficient (Wildman–Crippen LogP) is 0.305. The van der Waals surface area contributed by atoms with E-state index >= 15 is 0 Å². The number of nitrogens with two attached hydrogens (primary N) is 1. The predicted molar refractivity (Wildman–Crippen MR) is 45.7 cm³/mol. The van der Waals surface area contributed by atoms with Crippen molar-refractivity contribution in [1.82, 2.24) is 9.97 Å². The fourth-order valence-corrected chi connectivity index (χ4v) is 1.23. The average Bonchev–Trinajstić information content (AvgIpc) is 2.79. The maximum absolute atomic E-state index is 10.7. The van der Waals surface area contributed by atoms with Crippen molar-refractivity contribution in [3.05, 3.63) is 22.2 Å². The highest BCUT2D eigenvalue weighted by Crippen LogP contribution is 2.33. The molecular weight excluding hydrogens is 154 g/mol. The van der Waals surface area contributed by atoms with Gasteiger partial charge in [-0.25, -0.2) is 9.78 Å². The molecule has 1 aliphatic carbocycles. The SMILES string of the molecule is Nc1[nH]c(=O)ncc1CC1CC1. The van der Waals surface area contributed by atoms with Gasteiger partial charge in [-0.15, -0.1) is 0 Å². The third kappa shape index (κ3) is 1.47. The number of nitrogens with zero attached hydrogens (tertiary/aromatic N) is 1. The Morgan fingerprint density at radius 1 is 1.67 bits per heavy atom. The number of hydrogen-bond donors (Lipinski definition) is 2. The van der Waals surface area contributed by atoms with E-state index in [1.54, 1.807) is 6.20 Å². The van der Waals surface area contributed by atoms with Gasteiger partial charge in [-0.2, -0.15) is 0 Å². The lowest BCUT2D eigenvalue weighted by Gasteiger charge is -2.01. The van der Waals surface area contributed by atoms with E-state index in [1.165, 1.54) is 12.8 Å². The van der Waals surface area contributed by atoms with Gasteiger partial charge in [-0.1, -0.05) is 0 Å². The first kappa shape index (κ1) is 7.34. The molecule has 0 atom stereocenters. The topological polar surface area (TPSA) is 71.8 Å². The van der Waals surface area contributed by atoms with Gasteiger partial charge in [0.1, 0.15) is 5.82 Å². The zero-order valence-electron chi connectivity index (χ0n) is 6.71. The van der Waals surface area contributed by atoms with Gasteiger partial charge in [0, 0.05) is 11.8 Å². The van der Waals surface area contributed by atoms with Crippen LogP contribution in [0.2, 0.25) is 0 Å². The van der Waals surface area contributed by atoms with Gasteiger partial charge in [0.2, 0.25) is 0 Å². The van der Waals surface area contributed by atoms with Crippen LogP contribution in [0.5, 0.6) is 0 Å². The molecule has 0 spiro atoms. The molecule has 0 saturated heterocycles. The molecule has 1 aliphatic rings. The van der Waals surface area contributed by atoms with Crippen LogP contribution in [0.15, 0.2) is 11.0 Å². The summed E-state index contributed by atoms with van der Waals surface area (Å²) in [6, 6.07) is 0. The third-order valence-electron chi connectivity index (χ3n) is 2.13. The molecule has 1 aromatic rings.